The molecule has 1 amide bonds. The number of carbonyl (C=O) groups excluding carboxylic acids is 1. The first-order valence-electron chi connectivity index (χ1n) is 6.28. The Kier molecular flexibility index (Phi) is 3.62. The molecule has 3 heteroatoms. The molecule has 1 aliphatic heterocycles. The highest BCUT2D eigenvalue weighted by Gasteiger charge is 2.28. The molecule has 1 saturated carbocycles. The quantitative estimate of drug-likeness (QED) is 0.737. The van der Waals surface area contributed by atoms with Gasteiger partial charge in [0.25, 0.3) is 0 Å². The fourth-order valence-electron chi connectivity index (χ4n) is 2.57. The second-order valence-electron chi connectivity index (χ2n) is 5.05. The van der Waals surface area contributed by atoms with Gasteiger partial charge in [0.15, 0.2) is 0 Å². The fraction of sp³-hybridized carbons (Fsp3) is 0.917. The van der Waals surface area contributed by atoms with E-state index in [-0.39, 0.29) is 11.8 Å². The summed E-state index contributed by atoms with van der Waals surface area (Å²) >= 11 is 0. The van der Waals surface area contributed by atoms with Gasteiger partial charge in [0.1, 0.15) is 0 Å². The average molecular weight is 210 g/mol. The number of hydrogen-bond acceptors (Lipinski definition) is 2. The molecular weight excluding hydrogens is 188 g/mol. The second-order valence-corrected chi connectivity index (χ2v) is 5.05. The summed E-state index contributed by atoms with van der Waals surface area (Å²) in [5, 5.41) is 6.31. The van der Waals surface area contributed by atoms with E-state index in [9.17, 15) is 4.79 Å². The summed E-state index contributed by atoms with van der Waals surface area (Å²) in [4.78, 5) is 11.7. The van der Waals surface area contributed by atoms with Gasteiger partial charge in [-0.1, -0.05) is 19.3 Å². The van der Waals surface area contributed by atoms with E-state index >= 15 is 0 Å². The Balaban J connectivity index is 1.74. The molecule has 2 fully saturated rings. The molecule has 2 rings (SSSR count). The third-order valence-electron chi connectivity index (χ3n) is 3.88. The van der Waals surface area contributed by atoms with E-state index in [4.69, 9.17) is 0 Å². The minimum absolute atomic E-state index is 0.232. The van der Waals surface area contributed by atoms with E-state index in [0.29, 0.717) is 6.04 Å². The lowest BCUT2D eigenvalue weighted by atomic mass is 9.84. The van der Waals surface area contributed by atoms with Gasteiger partial charge in [-0.05, 0) is 25.7 Å². The van der Waals surface area contributed by atoms with Gasteiger partial charge in [0, 0.05) is 19.1 Å². The number of nitrogens with one attached hydrogen (secondary N) is 2. The summed E-state index contributed by atoms with van der Waals surface area (Å²) < 4.78 is 0. The van der Waals surface area contributed by atoms with Crippen molar-refractivity contribution in [2.75, 3.05) is 13.1 Å². The second kappa shape index (κ2) is 4.97. The molecule has 0 aromatic carbocycles. The minimum atomic E-state index is 0.232. The molecule has 86 valence electrons. The van der Waals surface area contributed by atoms with Crippen molar-refractivity contribution in [2.45, 2.75) is 45.1 Å². The number of rotatable bonds is 3. The lowest BCUT2D eigenvalue weighted by molar-refractivity contribution is -0.127. The third-order valence-corrected chi connectivity index (χ3v) is 3.88. The molecular formula is C12H22N2O. The van der Waals surface area contributed by atoms with Crippen LogP contribution < -0.4 is 10.6 Å². The highest BCUT2D eigenvalue weighted by molar-refractivity contribution is 5.80. The molecule has 1 heterocycles. The lowest BCUT2D eigenvalue weighted by Crippen LogP contribution is -2.53. The van der Waals surface area contributed by atoms with Crippen LogP contribution in [-0.2, 0) is 4.79 Å². The molecule has 1 saturated heterocycles. The van der Waals surface area contributed by atoms with Crippen LogP contribution in [0.3, 0.4) is 0 Å². The predicted molar refractivity (Wildman–Crippen MR) is 60.5 cm³/mol. The summed E-state index contributed by atoms with van der Waals surface area (Å²) in [5.74, 6) is 1.21. The lowest BCUT2D eigenvalue weighted by Gasteiger charge is -2.32. The summed E-state index contributed by atoms with van der Waals surface area (Å²) in [6, 6.07) is 0.374. The molecule has 1 atom stereocenters. The number of hydrogen-bond donors (Lipinski definition) is 2. The molecule has 15 heavy (non-hydrogen) atoms. The zero-order valence-corrected chi connectivity index (χ0v) is 9.59. The smallest absolute Gasteiger partial charge is 0.225 e. The molecule has 1 aliphatic carbocycles. The molecule has 2 aliphatic rings. The molecule has 2 N–H and O–H groups in total. The van der Waals surface area contributed by atoms with Crippen LogP contribution in [0.4, 0.5) is 0 Å². The van der Waals surface area contributed by atoms with Gasteiger partial charge in [-0.2, -0.15) is 0 Å². The first kappa shape index (κ1) is 10.9. The minimum Gasteiger partial charge on any atom is -0.353 e. The Morgan fingerprint density at radius 3 is 2.47 bits per heavy atom. The van der Waals surface area contributed by atoms with Crippen LogP contribution in [0.2, 0.25) is 0 Å². The molecule has 1 unspecified atom stereocenters. The largest absolute Gasteiger partial charge is 0.353 e. The van der Waals surface area contributed by atoms with Crippen molar-refractivity contribution < 1.29 is 4.79 Å². The van der Waals surface area contributed by atoms with Gasteiger partial charge in [-0.25, -0.2) is 0 Å². The molecule has 0 aromatic rings. The van der Waals surface area contributed by atoms with Crippen LogP contribution in [0.1, 0.15) is 39.0 Å². The van der Waals surface area contributed by atoms with E-state index < -0.39 is 0 Å². The van der Waals surface area contributed by atoms with Crippen molar-refractivity contribution >= 4 is 5.91 Å². The Bertz CT molecular complexity index is 220. The summed E-state index contributed by atoms with van der Waals surface area (Å²) in [6.45, 7) is 3.90. The predicted octanol–water partition coefficient (Wildman–Crippen LogP) is 1.29. The molecule has 0 bridgehead atoms. The van der Waals surface area contributed by atoms with Gasteiger partial charge < -0.3 is 10.6 Å². The topological polar surface area (TPSA) is 41.1 Å². The first-order valence-corrected chi connectivity index (χ1v) is 6.28. The Hall–Kier alpha value is -0.570. The van der Waals surface area contributed by atoms with E-state index in [1.54, 1.807) is 0 Å². The Morgan fingerprint density at radius 1 is 1.27 bits per heavy atom. The summed E-state index contributed by atoms with van der Waals surface area (Å²) in [5.41, 5.74) is 0. The monoisotopic (exact) mass is 210 g/mol. The van der Waals surface area contributed by atoms with Crippen molar-refractivity contribution in [3.8, 4) is 0 Å². The highest BCUT2D eigenvalue weighted by atomic mass is 16.2. The van der Waals surface area contributed by atoms with Crippen LogP contribution in [0, 0.1) is 11.8 Å². The van der Waals surface area contributed by atoms with Crippen LogP contribution in [0.25, 0.3) is 0 Å². The zero-order chi connectivity index (χ0) is 10.7. The van der Waals surface area contributed by atoms with Crippen molar-refractivity contribution in [3.05, 3.63) is 0 Å². The molecule has 3 nitrogen and oxygen atoms in total. The number of amides is 1. The zero-order valence-electron chi connectivity index (χ0n) is 9.59. The third kappa shape index (κ3) is 2.71. The summed E-state index contributed by atoms with van der Waals surface area (Å²) in [7, 11) is 0. The van der Waals surface area contributed by atoms with Crippen LogP contribution in [-0.4, -0.2) is 25.0 Å². The van der Waals surface area contributed by atoms with Gasteiger partial charge in [0.2, 0.25) is 5.91 Å². The van der Waals surface area contributed by atoms with E-state index in [2.05, 4.69) is 17.6 Å². The maximum absolute atomic E-state index is 11.7. The van der Waals surface area contributed by atoms with Crippen molar-refractivity contribution in [3.63, 3.8) is 0 Å². The van der Waals surface area contributed by atoms with Crippen LogP contribution in [0.15, 0.2) is 0 Å². The van der Waals surface area contributed by atoms with Crippen LogP contribution >= 0.6 is 0 Å². The van der Waals surface area contributed by atoms with Crippen molar-refractivity contribution in [1.82, 2.24) is 10.6 Å². The van der Waals surface area contributed by atoms with E-state index in [0.717, 1.165) is 19.0 Å². The van der Waals surface area contributed by atoms with Gasteiger partial charge in [-0.15, -0.1) is 0 Å². The SMILES string of the molecule is CC(NC(=O)C1CNC1)C1CCCCC1. The summed E-state index contributed by atoms with van der Waals surface area (Å²) in [6.07, 6.45) is 6.66. The molecule has 0 spiro atoms. The van der Waals surface area contributed by atoms with Gasteiger partial charge in [0.05, 0.1) is 5.92 Å². The fourth-order valence-corrected chi connectivity index (χ4v) is 2.57. The van der Waals surface area contributed by atoms with Gasteiger partial charge in [-0.3, -0.25) is 4.79 Å². The van der Waals surface area contributed by atoms with Crippen molar-refractivity contribution in [1.29, 1.82) is 0 Å². The normalized spacial score (nSPS) is 25.7. The standard InChI is InChI=1S/C12H22N2O/c1-9(10-5-3-2-4-6-10)14-12(15)11-7-13-8-11/h9-11,13H,2-8H2,1H3,(H,14,15). The molecule has 0 aromatic heterocycles. The first-order chi connectivity index (χ1) is 7.27. The van der Waals surface area contributed by atoms with Crippen LogP contribution in [0.5, 0.6) is 0 Å². The maximum Gasteiger partial charge on any atom is 0.225 e. The van der Waals surface area contributed by atoms with Gasteiger partial charge >= 0.3 is 0 Å². The van der Waals surface area contributed by atoms with E-state index in [1.165, 1.54) is 32.1 Å². The molecule has 0 radical (unpaired) electrons. The Labute approximate surface area is 92.0 Å². The number of carbonyl (C=O) groups is 1. The maximum atomic E-state index is 11.7. The van der Waals surface area contributed by atoms with E-state index in [1.807, 2.05) is 0 Å². The average Bonchev–Trinajstić information content (AvgIpc) is 2.16. The Morgan fingerprint density at radius 2 is 1.93 bits per heavy atom. The van der Waals surface area contributed by atoms with Crippen molar-refractivity contribution in [2.24, 2.45) is 11.8 Å². The highest BCUT2D eigenvalue weighted by Crippen LogP contribution is 2.26.